The molecule has 1 aromatic carbocycles. The Bertz CT molecular complexity index is 415. The van der Waals surface area contributed by atoms with Gasteiger partial charge < -0.3 is 10.6 Å². The average Bonchev–Trinajstić information content (AvgIpc) is 2.34. The van der Waals surface area contributed by atoms with Crippen molar-refractivity contribution in [3.05, 3.63) is 34.9 Å². The standard InChI is InChI=1S/C13H17F3N2/c1-2-17-7-10-6-9-4-3-5-12(13(14,15)16)11(9)8-18-10/h3-5,10,17-18H,2,6-8H2,1H3. The molecule has 0 bridgehead atoms. The molecule has 0 aromatic heterocycles. The van der Waals surface area contributed by atoms with Gasteiger partial charge in [0.25, 0.3) is 0 Å². The van der Waals surface area contributed by atoms with Crippen LogP contribution in [0.4, 0.5) is 13.2 Å². The van der Waals surface area contributed by atoms with Gasteiger partial charge in [0, 0.05) is 19.1 Å². The van der Waals surface area contributed by atoms with Crippen LogP contribution >= 0.6 is 0 Å². The summed E-state index contributed by atoms with van der Waals surface area (Å²) in [5, 5.41) is 6.37. The number of nitrogens with one attached hydrogen (secondary N) is 2. The van der Waals surface area contributed by atoms with Crippen molar-refractivity contribution in [2.75, 3.05) is 13.1 Å². The number of hydrogen-bond acceptors (Lipinski definition) is 2. The van der Waals surface area contributed by atoms with Gasteiger partial charge in [0.05, 0.1) is 5.56 Å². The fraction of sp³-hybridized carbons (Fsp3) is 0.538. The lowest BCUT2D eigenvalue weighted by Gasteiger charge is -2.28. The zero-order valence-corrected chi connectivity index (χ0v) is 10.3. The quantitative estimate of drug-likeness (QED) is 0.869. The predicted octanol–water partition coefficient (Wildman–Crippen LogP) is 2.33. The lowest BCUT2D eigenvalue weighted by molar-refractivity contribution is -0.138. The Balaban J connectivity index is 2.19. The second-order valence-corrected chi connectivity index (χ2v) is 4.53. The molecule has 1 atom stereocenters. The number of benzene rings is 1. The molecule has 2 rings (SSSR count). The summed E-state index contributed by atoms with van der Waals surface area (Å²) in [6.45, 7) is 3.96. The first-order chi connectivity index (χ1) is 8.52. The highest BCUT2D eigenvalue weighted by Gasteiger charge is 2.35. The summed E-state index contributed by atoms with van der Waals surface area (Å²) in [5.74, 6) is 0. The van der Waals surface area contributed by atoms with Gasteiger partial charge in [-0.1, -0.05) is 19.1 Å². The Morgan fingerprint density at radius 1 is 1.39 bits per heavy atom. The van der Waals surface area contributed by atoms with Crippen LogP contribution in [0.5, 0.6) is 0 Å². The van der Waals surface area contributed by atoms with Crippen LogP contribution in [0.2, 0.25) is 0 Å². The Morgan fingerprint density at radius 3 is 2.83 bits per heavy atom. The molecule has 18 heavy (non-hydrogen) atoms. The topological polar surface area (TPSA) is 24.1 Å². The number of hydrogen-bond donors (Lipinski definition) is 2. The second kappa shape index (κ2) is 5.28. The van der Waals surface area contributed by atoms with Gasteiger partial charge in [0.2, 0.25) is 0 Å². The van der Waals surface area contributed by atoms with Crippen LogP contribution < -0.4 is 10.6 Å². The van der Waals surface area contributed by atoms with Crippen LogP contribution in [0, 0.1) is 0 Å². The maximum Gasteiger partial charge on any atom is 0.416 e. The number of likely N-dealkylation sites (N-methyl/N-ethyl adjacent to an activating group) is 1. The lowest BCUT2D eigenvalue weighted by atomic mass is 9.92. The van der Waals surface area contributed by atoms with E-state index in [2.05, 4.69) is 10.6 Å². The van der Waals surface area contributed by atoms with Crippen molar-refractivity contribution < 1.29 is 13.2 Å². The van der Waals surface area contributed by atoms with Crippen LogP contribution in [-0.2, 0) is 19.1 Å². The van der Waals surface area contributed by atoms with E-state index >= 15 is 0 Å². The highest BCUT2D eigenvalue weighted by molar-refractivity contribution is 5.39. The summed E-state index contributed by atoms with van der Waals surface area (Å²) in [6.07, 6.45) is -3.62. The van der Waals surface area contributed by atoms with Gasteiger partial charge >= 0.3 is 6.18 Å². The minimum absolute atomic E-state index is 0.209. The first-order valence-corrected chi connectivity index (χ1v) is 6.14. The van der Waals surface area contributed by atoms with Crippen molar-refractivity contribution in [3.63, 3.8) is 0 Å². The van der Waals surface area contributed by atoms with E-state index in [4.69, 9.17) is 0 Å². The van der Waals surface area contributed by atoms with E-state index in [1.807, 2.05) is 6.92 Å². The third kappa shape index (κ3) is 2.84. The van der Waals surface area contributed by atoms with E-state index in [9.17, 15) is 13.2 Å². The lowest BCUT2D eigenvalue weighted by Crippen LogP contribution is -2.43. The van der Waals surface area contributed by atoms with Crippen molar-refractivity contribution >= 4 is 0 Å². The van der Waals surface area contributed by atoms with Crippen LogP contribution in [0.25, 0.3) is 0 Å². The van der Waals surface area contributed by atoms with E-state index in [1.54, 1.807) is 6.07 Å². The highest BCUT2D eigenvalue weighted by atomic mass is 19.4. The Hall–Kier alpha value is -1.07. The third-order valence-electron chi connectivity index (χ3n) is 3.25. The molecular formula is C13H17F3N2. The minimum atomic E-state index is -4.26. The molecule has 0 aliphatic carbocycles. The molecule has 1 unspecified atom stereocenters. The Labute approximate surface area is 105 Å². The molecular weight excluding hydrogens is 241 g/mol. The molecule has 2 N–H and O–H groups in total. The van der Waals surface area contributed by atoms with E-state index in [1.165, 1.54) is 6.07 Å². The molecule has 0 spiro atoms. The fourth-order valence-corrected chi connectivity index (χ4v) is 2.35. The van der Waals surface area contributed by atoms with Crippen LogP contribution in [-0.4, -0.2) is 19.1 Å². The maximum atomic E-state index is 12.8. The van der Waals surface area contributed by atoms with Gasteiger partial charge in [-0.05, 0) is 30.2 Å². The third-order valence-corrected chi connectivity index (χ3v) is 3.25. The first-order valence-electron chi connectivity index (χ1n) is 6.14. The first kappa shape index (κ1) is 13.4. The Kier molecular flexibility index (Phi) is 3.92. The normalized spacial score (nSPS) is 19.7. The largest absolute Gasteiger partial charge is 0.416 e. The molecule has 2 nitrogen and oxygen atoms in total. The average molecular weight is 258 g/mol. The molecule has 1 aromatic rings. The van der Waals surface area contributed by atoms with E-state index in [-0.39, 0.29) is 6.04 Å². The summed E-state index contributed by atoms with van der Waals surface area (Å²) in [5.41, 5.74) is 0.707. The van der Waals surface area contributed by atoms with Gasteiger partial charge in [-0.3, -0.25) is 0 Å². The van der Waals surface area contributed by atoms with Gasteiger partial charge in [-0.25, -0.2) is 0 Å². The number of fused-ring (bicyclic) bond motifs is 1. The van der Waals surface area contributed by atoms with Gasteiger partial charge in [0.1, 0.15) is 0 Å². The summed E-state index contributed by atoms with van der Waals surface area (Å²) < 4.78 is 38.5. The minimum Gasteiger partial charge on any atom is -0.315 e. The van der Waals surface area contributed by atoms with Crippen LogP contribution in [0.3, 0.4) is 0 Å². The highest BCUT2D eigenvalue weighted by Crippen LogP contribution is 2.34. The van der Waals surface area contributed by atoms with Crippen molar-refractivity contribution in [3.8, 4) is 0 Å². The summed E-state index contributed by atoms with van der Waals surface area (Å²) in [6, 6.07) is 4.66. The van der Waals surface area contributed by atoms with E-state index in [0.29, 0.717) is 18.5 Å². The summed E-state index contributed by atoms with van der Waals surface area (Å²) in [4.78, 5) is 0. The van der Waals surface area contributed by atoms with Gasteiger partial charge in [0.15, 0.2) is 0 Å². The molecule has 0 amide bonds. The monoisotopic (exact) mass is 258 g/mol. The smallest absolute Gasteiger partial charge is 0.315 e. The molecule has 100 valence electrons. The van der Waals surface area contributed by atoms with E-state index < -0.39 is 11.7 Å². The predicted molar refractivity (Wildman–Crippen MR) is 64.3 cm³/mol. The van der Waals surface area contributed by atoms with Crippen molar-refractivity contribution in [2.24, 2.45) is 0 Å². The number of alkyl halides is 3. The maximum absolute atomic E-state index is 12.8. The molecule has 0 fully saturated rings. The fourth-order valence-electron chi connectivity index (χ4n) is 2.35. The summed E-state index contributed by atoms with van der Waals surface area (Å²) in [7, 11) is 0. The molecule has 0 radical (unpaired) electrons. The van der Waals surface area contributed by atoms with Gasteiger partial charge in [-0.2, -0.15) is 13.2 Å². The molecule has 1 aliphatic heterocycles. The SMILES string of the molecule is CCNCC1Cc2cccc(C(F)(F)F)c2CN1. The van der Waals surface area contributed by atoms with Crippen molar-refractivity contribution in [1.82, 2.24) is 10.6 Å². The van der Waals surface area contributed by atoms with Crippen LogP contribution in [0.1, 0.15) is 23.6 Å². The van der Waals surface area contributed by atoms with Crippen molar-refractivity contribution in [1.29, 1.82) is 0 Å². The molecule has 0 saturated heterocycles. The molecule has 1 heterocycles. The van der Waals surface area contributed by atoms with E-state index in [0.717, 1.165) is 24.7 Å². The molecule has 0 saturated carbocycles. The second-order valence-electron chi connectivity index (χ2n) is 4.53. The van der Waals surface area contributed by atoms with Gasteiger partial charge in [-0.15, -0.1) is 0 Å². The molecule has 5 heteroatoms. The Morgan fingerprint density at radius 2 is 2.17 bits per heavy atom. The zero-order valence-electron chi connectivity index (χ0n) is 10.3. The van der Waals surface area contributed by atoms with Crippen LogP contribution in [0.15, 0.2) is 18.2 Å². The van der Waals surface area contributed by atoms with Crippen molar-refractivity contribution in [2.45, 2.75) is 32.1 Å². The number of halogens is 3. The molecule has 1 aliphatic rings. The summed E-state index contributed by atoms with van der Waals surface area (Å²) >= 11 is 0. The zero-order chi connectivity index (χ0) is 13.2. The number of rotatable bonds is 3.